The molecule has 20 heavy (non-hydrogen) atoms. The molecule has 2 heterocycles. The van der Waals surface area contributed by atoms with Crippen LogP contribution in [0.1, 0.15) is 18.4 Å². The molecule has 0 radical (unpaired) electrons. The van der Waals surface area contributed by atoms with Crippen LogP contribution in [0.3, 0.4) is 0 Å². The zero-order chi connectivity index (χ0) is 14.1. The van der Waals surface area contributed by atoms with Gasteiger partial charge in [0.1, 0.15) is 22.7 Å². The predicted molar refractivity (Wildman–Crippen MR) is 78.6 cm³/mol. The Morgan fingerprint density at radius 3 is 3.00 bits per heavy atom. The molecule has 0 fully saturated rings. The van der Waals surface area contributed by atoms with Crippen molar-refractivity contribution in [2.45, 2.75) is 20.4 Å². The van der Waals surface area contributed by atoms with Crippen LogP contribution in [-0.4, -0.2) is 21.3 Å². The van der Waals surface area contributed by atoms with Gasteiger partial charge < -0.3 is 18.8 Å². The van der Waals surface area contributed by atoms with Crippen LogP contribution in [-0.2, 0) is 6.54 Å². The maximum Gasteiger partial charge on any atom is 0.178 e. The van der Waals surface area contributed by atoms with Gasteiger partial charge in [0.2, 0.25) is 0 Å². The number of rotatable bonds is 4. The number of aryl methyl sites for hydroxylation is 1. The van der Waals surface area contributed by atoms with Crippen LogP contribution in [0, 0.1) is 11.7 Å². The van der Waals surface area contributed by atoms with E-state index in [0.717, 1.165) is 28.2 Å². The highest BCUT2D eigenvalue weighted by molar-refractivity contribution is 7.71. The van der Waals surface area contributed by atoms with Gasteiger partial charge in [0.15, 0.2) is 4.77 Å². The fourth-order valence-corrected chi connectivity index (χ4v) is 2.51. The third-order valence-electron chi connectivity index (χ3n) is 3.07. The first kappa shape index (κ1) is 12.9. The van der Waals surface area contributed by atoms with Crippen molar-refractivity contribution in [3.8, 4) is 5.75 Å². The summed E-state index contributed by atoms with van der Waals surface area (Å²) in [7, 11) is 0. The molecule has 0 spiro atoms. The summed E-state index contributed by atoms with van der Waals surface area (Å²) in [4.78, 5) is 3.20. The van der Waals surface area contributed by atoms with Gasteiger partial charge in [-0.25, -0.2) is 0 Å². The zero-order valence-corrected chi connectivity index (χ0v) is 12.2. The van der Waals surface area contributed by atoms with Crippen molar-refractivity contribution in [3.63, 3.8) is 0 Å². The number of aromatic nitrogens is 3. The molecule has 1 aromatic carbocycles. The monoisotopic (exact) mass is 289 g/mol. The molecule has 0 bridgehead atoms. The number of hydrogen-bond donors (Lipinski definition) is 1. The van der Waals surface area contributed by atoms with E-state index in [2.05, 4.69) is 10.1 Å². The highest BCUT2D eigenvalue weighted by atomic mass is 32.1. The molecule has 3 aromatic rings. The number of hydrogen-bond acceptors (Lipinski definition) is 4. The first-order valence-electron chi connectivity index (χ1n) is 6.45. The number of imidazole rings is 1. The average molecular weight is 289 g/mol. The Balaban J connectivity index is 2.09. The van der Waals surface area contributed by atoms with E-state index in [1.54, 1.807) is 0 Å². The Bertz CT molecular complexity index is 800. The first-order chi connectivity index (χ1) is 9.69. The van der Waals surface area contributed by atoms with Crippen molar-refractivity contribution in [2.24, 2.45) is 0 Å². The van der Waals surface area contributed by atoms with E-state index in [4.69, 9.17) is 21.5 Å². The molecule has 0 atom stereocenters. The number of ether oxygens (including phenoxy) is 1. The number of H-pyrrole nitrogens is 1. The first-order valence-corrected chi connectivity index (χ1v) is 6.86. The molecule has 0 aliphatic carbocycles. The van der Waals surface area contributed by atoms with Gasteiger partial charge in [-0.2, -0.15) is 0 Å². The maximum atomic E-state index is 5.62. The summed E-state index contributed by atoms with van der Waals surface area (Å²) in [5.74, 6) is 1.60. The second kappa shape index (κ2) is 5.13. The molecule has 0 unspecified atom stereocenters. The number of benzene rings is 1. The van der Waals surface area contributed by atoms with Crippen molar-refractivity contribution in [2.75, 3.05) is 6.61 Å². The zero-order valence-electron chi connectivity index (χ0n) is 11.3. The van der Waals surface area contributed by atoms with Crippen LogP contribution >= 0.6 is 12.2 Å². The lowest BCUT2D eigenvalue weighted by Crippen LogP contribution is -2.00. The average Bonchev–Trinajstić information content (AvgIpc) is 2.97. The Kier molecular flexibility index (Phi) is 3.31. The molecule has 0 aliphatic rings. The molecule has 6 heteroatoms. The molecule has 0 aliphatic heterocycles. The largest absolute Gasteiger partial charge is 0.492 e. The van der Waals surface area contributed by atoms with Crippen molar-refractivity contribution < 1.29 is 9.26 Å². The van der Waals surface area contributed by atoms with E-state index in [0.29, 0.717) is 17.9 Å². The predicted octanol–water partition coefficient (Wildman–Crippen LogP) is 3.44. The van der Waals surface area contributed by atoms with Crippen LogP contribution in [0.15, 0.2) is 28.8 Å². The Morgan fingerprint density at radius 1 is 1.45 bits per heavy atom. The topological polar surface area (TPSA) is 56.0 Å². The second-order valence-electron chi connectivity index (χ2n) is 4.53. The summed E-state index contributed by atoms with van der Waals surface area (Å²) in [6.07, 6.45) is 0. The number of nitrogens with zero attached hydrogens (tertiary/aromatic N) is 2. The van der Waals surface area contributed by atoms with E-state index in [1.807, 2.05) is 42.7 Å². The summed E-state index contributed by atoms with van der Waals surface area (Å²) >= 11 is 5.40. The molecule has 2 aromatic heterocycles. The normalized spacial score (nSPS) is 11.1. The summed E-state index contributed by atoms with van der Waals surface area (Å²) in [6.45, 7) is 5.03. The van der Waals surface area contributed by atoms with Gasteiger partial charge in [-0.05, 0) is 38.2 Å². The lowest BCUT2D eigenvalue weighted by molar-refractivity contribution is 0.343. The summed E-state index contributed by atoms with van der Waals surface area (Å²) < 4.78 is 13.3. The number of fused-ring (bicyclic) bond motifs is 1. The van der Waals surface area contributed by atoms with E-state index >= 15 is 0 Å². The summed E-state index contributed by atoms with van der Waals surface area (Å²) in [5, 5.41) is 4.01. The number of nitrogens with one attached hydrogen (secondary N) is 1. The van der Waals surface area contributed by atoms with Crippen LogP contribution in [0.25, 0.3) is 11.0 Å². The SMILES string of the molecule is CCOc1cccc2c1[nH]c(=S)n2Cc1cc(C)on1. The Labute approximate surface area is 121 Å². The van der Waals surface area contributed by atoms with Crippen LogP contribution < -0.4 is 4.74 Å². The van der Waals surface area contributed by atoms with E-state index in [1.165, 1.54) is 0 Å². The summed E-state index contributed by atoms with van der Waals surface area (Å²) in [5.41, 5.74) is 2.77. The molecular weight excluding hydrogens is 274 g/mol. The van der Waals surface area contributed by atoms with E-state index < -0.39 is 0 Å². The van der Waals surface area contributed by atoms with Crippen LogP contribution in [0.4, 0.5) is 0 Å². The van der Waals surface area contributed by atoms with Gasteiger partial charge in [0.25, 0.3) is 0 Å². The molecule has 0 saturated heterocycles. The van der Waals surface area contributed by atoms with Gasteiger partial charge >= 0.3 is 0 Å². The molecule has 0 saturated carbocycles. The van der Waals surface area contributed by atoms with Crippen molar-refractivity contribution in [1.29, 1.82) is 0 Å². The fourth-order valence-electron chi connectivity index (χ4n) is 2.24. The minimum Gasteiger partial charge on any atom is -0.492 e. The highest BCUT2D eigenvalue weighted by Gasteiger charge is 2.11. The van der Waals surface area contributed by atoms with Gasteiger partial charge in [-0.1, -0.05) is 11.2 Å². The van der Waals surface area contributed by atoms with Gasteiger partial charge in [-0.15, -0.1) is 0 Å². The molecule has 1 N–H and O–H groups in total. The Morgan fingerprint density at radius 2 is 2.30 bits per heavy atom. The van der Waals surface area contributed by atoms with E-state index in [-0.39, 0.29) is 0 Å². The number of para-hydroxylation sites is 1. The lowest BCUT2D eigenvalue weighted by Gasteiger charge is -2.05. The standard InChI is InChI=1S/C14H15N3O2S/c1-3-18-12-6-4-5-11-13(12)15-14(20)17(11)8-10-7-9(2)19-16-10/h4-7H,3,8H2,1-2H3,(H,15,20). The van der Waals surface area contributed by atoms with Gasteiger partial charge in [0, 0.05) is 6.07 Å². The minimum absolute atomic E-state index is 0.575. The fraction of sp³-hybridized carbons (Fsp3) is 0.286. The number of aromatic amines is 1. The smallest absolute Gasteiger partial charge is 0.178 e. The van der Waals surface area contributed by atoms with Crippen LogP contribution in [0.2, 0.25) is 0 Å². The molecule has 3 rings (SSSR count). The molecule has 5 nitrogen and oxygen atoms in total. The summed E-state index contributed by atoms with van der Waals surface area (Å²) in [6, 6.07) is 7.81. The van der Waals surface area contributed by atoms with E-state index in [9.17, 15) is 0 Å². The second-order valence-corrected chi connectivity index (χ2v) is 4.92. The third kappa shape index (κ3) is 2.22. The van der Waals surface area contributed by atoms with Crippen molar-refractivity contribution in [3.05, 3.63) is 40.5 Å². The third-order valence-corrected chi connectivity index (χ3v) is 3.39. The van der Waals surface area contributed by atoms with Gasteiger partial charge in [-0.3, -0.25) is 0 Å². The van der Waals surface area contributed by atoms with Crippen molar-refractivity contribution >= 4 is 23.3 Å². The van der Waals surface area contributed by atoms with Crippen molar-refractivity contribution in [1.82, 2.24) is 14.7 Å². The maximum absolute atomic E-state index is 5.62. The molecule has 0 amide bonds. The lowest BCUT2D eigenvalue weighted by atomic mass is 10.3. The van der Waals surface area contributed by atoms with Gasteiger partial charge in [0.05, 0.1) is 18.7 Å². The molecule has 104 valence electrons. The minimum atomic E-state index is 0.575. The molecular formula is C14H15N3O2S. The van der Waals surface area contributed by atoms with Crippen LogP contribution in [0.5, 0.6) is 5.75 Å². The quantitative estimate of drug-likeness (QED) is 0.747. The highest BCUT2D eigenvalue weighted by Crippen LogP contribution is 2.25. The Hall–Kier alpha value is -2.08.